The molecule has 0 radical (unpaired) electrons. The minimum absolute atomic E-state index is 0.0966. The maximum atomic E-state index is 13.2. The van der Waals surface area contributed by atoms with Crippen LogP contribution in [0, 0.1) is 0 Å². The van der Waals surface area contributed by atoms with Gasteiger partial charge in [-0.05, 0) is 47.9 Å². The standard InChI is InChI=1S/C29H21ClN2O6/c1-36-20-14-15-22(24(16-20)37-2)32-27(33)25(30)26(28(32)34)31-19-12-10-18(11-13-19)29(35)38-23-9-5-7-17-6-3-4-8-21(17)23/h3-16,31H,1-2H3. The van der Waals surface area contributed by atoms with E-state index >= 15 is 0 Å². The molecule has 5 rings (SSSR count). The van der Waals surface area contributed by atoms with Gasteiger partial charge >= 0.3 is 5.97 Å². The average molecular weight is 529 g/mol. The minimum Gasteiger partial charge on any atom is -0.497 e. The molecule has 0 atom stereocenters. The second-order valence-corrected chi connectivity index (χ2v) is 8.62. The van der Waals surface area contributed by atoms with E-state index < -0.39 is 17.8 Å². The van der Waals surface area contributed by atoms with Crippen LogP contribution in [-0.2, 0) is 9.59 Å². The van der Waals surface area contributed by atoms with Crippen molar-refractivity contribution in [2.24, 2.45) is 0 Å². The van der Waals surface area contributed by atoms with Crippen LogP contribution in [0.25, 0.3) is 10.8 Å². The second kappa shape index (κ2) is 10.3. The Morgan fingerprint density at radius 1 is 0.816 bits per heavy atom. The van der Waals surface area contributed by atoms with Crippen molar-refractivity contribution in [3.8, 4) is 17.2 Å². The first-order valence-corrected chi connectivity index (χ1v) is 11.9. The number of amides is 2. The summed E-state index contributed by atoms with van der Waals surface area (Å²) in [4.78, 5) is 39.8. The van der Waals surface area contributed by atoms with Gasteiger partial charge in [0.2, 0.25) is 0 Å². The van der Waals surface area contributed by atoms with E-state index in [0.717, 1.165) is 15.7 Å². The van der Waals surface area contributed by atoms with Gasteiger partial charge in [0, 0.05) is 17.1 Å². The zero-order valence-electron chi connectivity index (χ0n) is 20.4. The van der Waals surface area contributed by atoms with Crippen LogP contribution in [0.4, 0.5) is 11.4 Å². The smallest absolute Gasteiger partial charge is 0.343 e. The van der Waals surface area contributed by atoms with Crippen LogP contribution in [0.2, 0.25) is 0 Å². The summed E-state index contributed by atoms with van der Waals surface area (Å²) in [7, 11) is 2.92. The van der Waals surface area contributed by atoms with E-state index in [1.54, 1.807) is 42.5 Å². The molecule has 0 aliphatic carbocycles. The molecule has 0 spiro atoms. The molecular formula is C29H21ClN2O6. The van der Waals surface area contributed by atoms with Crippen molar-refractivity contribution < 1.29 is 28.6 Å². The van der Waals surface area contributed by atoms with Crippen LogP contribution in [0.5, 0.6) is 17.2 Å². The molecular weight excluding hydrogens is 508 g/mol. The first-order valence-electron chi connectivity index (χ1n) is 11.5. The Kier molecular flexibility index (Phi) is 6.72. The predicted octanol–water partition coefficient (Wildman–Crippen LogP) is 5.51. The van der Waals surface area contributed by atoms with Crippen LogP contribution in [0.1, 0.15) is 10.4 Å². The highest BCUT2D eigenvalue weighted by atomic mass is 35.5. The zero-order valence-corrected chi connectivity index (χ0v) is 21.1. The molecule has 0 aromatic heterocycles. The molecule has 1 N–H and O–H groups in total. The normalized spacial score (nSPS) is 13.2. The zero-order chi connectivity index (χ0) is 26.8. The highest BCUT2D eigenvalue weighted by Gasteiger charge is 2.40. The lowest BCUT2D eigenvalue weighted by Crippen LogP contribution is -2.32. The Balaban J connectivity index is 1.33. The number of hydrogen-bond acceptors (Lipinski definition) is 7. The van der Waals surface area contributed by atoms with E-state index in [2.05, 4.69) is 5.32 Å². The lowest BCUT2D eigenvalue weighted by atomic mass is 10.1. The Hall–Kier alpha value is -4.82. The number of ether oxygens (including phenoxy) is 3. The van der Waals surface area contributed by atoms with E-state index in [1.807, 2.05) is 36.4 Å². The Bertz CT molecular complexity index is 1610. The van der Waals surface area contributed by atoms with Gasteiger partial charge in [0.1, 0.15) is 28.0 Å². The predicted molar refractivity (Wildman–Crippen MR) is 144 cm³/mol. The van der Waals surface area contributed by atoms with Crippen LogP contribution < -0.4 is 24.4 Å². The molecule has 190 valence electrons. The van der Waals surface area contributed by atoms with Crippen molar-refractivity contribution >= 4 is 51.5 Å². The van der Waals surface area contributed by atoms with E-state index in [-0.39, 0.29) is 22.2 Å². The van der Waals surface area contributed by atoms with Gasteiger partial charge in [-0.2, -0.15) is 0 Å². The number of nitrogens with one attached hydrogen (secondary N) is 1. The summed E-state index contributed by atoms with van der Waals surface area (Å²) in [6.45, 7) is 0. The fourth-order valence-electron chi connectivity index (χ4n) is 4.08. The number of halogens is 1. The summed E-state index contributed by atoms with van der Waals surface area (Å²) < 4.78 is 16.1. The number of hydrogen-bond donors (Lipinski definition) is 1. The van der Waals surface area contributed by atoms with Crippen LogP contribution >= 0.6 is 11.6 Å². The van der Waals surface area contributed by atoms with E-state index in [9.17, 15) is 14.4 Å². The third kappa shape index (κ3) is 4.53. The van der Waals surface area contributed by atoms with Crippen molar-refractivity contribution in [2.45, 2.75) is 0 Å². The number of rotatable bonds is 7. The monoisotopic (exact) mass is 528 g/mol. The number of nitrogens with zero attached hydrogens (tertiary/aromatic N) is 1. The molecule has 1 aliphatic heterocycles. The fraction of sp³-hybridized carbons (Fsp3) is 0.0690. The molecule has 0 bridgehead atoms. The van der Waals surface area contributed by atoms with Crippen molar-refractivity contribution in [1.82, 2.24) is 0 Å². The molecule has 8 nitrogen and oxygen atoms in total. The molecule has 0 saturated carbocycles. The third-order valence-electron chi connectivity index (χ3n) is 6.00. The number of methoxy groups -OCH3 is 2. The molecule has 2 amide bonds. The molecule has 4 aromatic carbocycles. The number of fused-ring (bicyclic) bond motifs is 1. The van der Waals surface area contributed by atoms with Gasteiger partial charge in [-0.1, -0.05) is 48.0 Å². The van der Waals surface area contributed by atoms with Crippen LogP contribution in [-0.4, -0.2) is 32.0 Å². The number of carbonyl (C=O) groups excluding carboxylic acids is 3. The first-order chi connectivity index (χ1) is 18.4. The first kappa shape index (κ1) is 24.9. The van der Waals surface area contributed by atoms with Crippen molar-refractivity contribution in [1.29, 1.82) is 0 Å². The fourth-order valence-corrected chi connectivity index (χ4v) is 4.29. The van der Waals surface area contributed by atoms with E-state index in [4.69, 9.17) is 25.8 Å². The van der Waals surface area contributed by atoms with Crippen LogP contribution in [0.3, 0.4) is 0 Å². The summed E-state index contributed by atoms with van der Waals surface area (Å²) in [5.41, 5.74) is 0.886. The number of esters is 1. The molecule has 38 heavy (non-hydrogen) atoms. The summed E-state index contributed by atoms with van der Waals surface area (Å²) in [5.74, 6) is -0.653. The summed E-state index contributed by atoms with van der Waals surface area (Å²) in [5, 5.41) is 4.40. The Labute approximate surface area is 223 Å². The molecule has 4 aromatic rings. The third-order valence-corrected chi connectivity index (χ3v) is 6.35. The number of carbonyl (C=O) groups is 3. The highest BCUT2D eigenvalue weighted by molar-refractivity contribution is 6.53. The van der Waals surface area contributed by atoms with Gasteiger partial charge in [-0.25, -0.2) is 9.69 Å². The quantitative estimate of drug-likeness (QED) is 0.192. The van der Waals surface area contributed by atoms with Gasteiger partial charge in [0.05, 0.1) is 25.5 Å². The van der Waals surface area contributed by atoms with Crippen molar-refractivity contribution in [3.05, 3.63) is 101 Å². The molecule has 9 heteroatoms. The summed E-state index contributed by atoms with van der Waals surface area (Å²) >= 11 is 6.26. The van der Waals surface area contributed by atoms with Gasteiger partial charge in [0.15, 0.2) is 0 Å². The lowest BCUT2D eigenvalue weighted by molar-refractivity contribution is -0.120. The van der Waals surface area contributed by atoms with Crippen molar-refractivity contribution in [3.63, 3.8) is 0 Å². The maximum Gasteiger partial charge on any atom is 0.343 e. The van der Waals surface area contributed by atoms with Gasteiger partial charge in [-0.15, -0.1) is 0 Å². The van der Waals surface area contributed by atoms with E-state index in [0.29, 0.717) is 22.7 Å². The second-order valence-electron chi connectivity index (χ2n) is 8.24. The minimum atomic E-state index is -0.696. The number of anilines is 2. The molecule has 0 unspecified atom stereocenters. The number of imide groups is 1. The Morgan fingerprint density at radius 3 is 2.29 bits per heavy atom. The van der Waals surface area contributed by atoms with Gasteiger partial charge in [-0.3, -0.25) is 9.59 Å². The molecule has 0 fully saturated rings. The SMILES string of the molecule is COc1ccc(N2C(=O)C(Cl)=C(Nc3ccc(C(=O)Oc4cccc5ccccc45)cc3)C2=O)c(OC)c1. The molecule has 1 aliphatic rings. The molecule has 0 saturated heterocycles. The van der Waals surface area contributed by atoms with Gasteiger partial charge < -0.3 is 19.5 Å². The Morgan fingerprint density at radius 2 is 1.55 bits per heavy atom. The average Bonchev–Trinajstić information content (AvgIpc) is 3.16. The van der Waals surface area contributed by atoms with Crippen molar-refractivity contribution in [2.75, 3.05) is 24.4 Å². The van der Waals surface area contributed by atoms with Crippen LogP contribution in [0.15, 0.2) is 95.7 Å². The van der Waals surface area contributed by atoms with Gasteiger partial charge in [0.25, 0.3) is 11.8 Å². The summed E-state index contributed by atoms with van der Waals surface area (Å²) in [6, 6.07) is 24.1. The highest BCUT2D eigenvalue weighted by Crippen LogP contribution is 2.37. The summed E-state index contributed by atoms with van der Waals surface area (Å²) in [6.07, 6.45) is 0. The molecule has 1 heterocycles. The maximum absolute atomic E-state index is 13.2. The largest absolute Gasteiger partial charge is 0.497 e. The van der Waals surface area contributed by atoms with E-state index in [1.165, 1.54) is 20.3 Å². The lowest BCUT2D eigenvalue weighted by Gasteiger charge is -2.18. The number of benzene rings is 4. The topological polar surface area (TPSA) is 94.2 Å².